The second kappa shape index (κ2) is 8.72. The Morgan fingerprint density at radius 2 is 1.93 bits per heavy atom. The van der Waals surface area contributed by atoms with E-state index in [-0.39, 0.29) is 29.3 Å². The van der Waals surface area contributed by atoms with Crippen LogP contribution in [-0.4, -0.2) is 41.2 Å². The van der Waals surface area contributed by atoms with Crippen LogP contribution < -0.4 is 5.32 Å². The van der Waals surface area contributed by atoms with Gasteiger partial charge in [0.1, 0.15) is 5.76 Å². The van der Waals surface area contributed by atoms with Gasteiger partial charge < -0.3 is 14.5 Å². The Morgan fingerprint density at radius 1 is 1.17 bits per heavy atom. The zero-order valence-electron chi connectivity index (χ0n) is 16.3. The largest absolute Gasteiger partial charge is 0.467 e. The highest BCUT2D eigenvalue weighted by molar-refractivity contribution is 6.21. The molecule has 0 bridgehead atoms. The first kappa shape index (κ1) is 20.3. The van der Waals surface area contributed by atoms with E-state index in [0.29, 0.717) is 5.76 Å². The molecule has 0 fully saturated rings. The summed E-state index contributed by atoms with van der Waals surface area (Å²) in [6.07, 6.45) is 3.22. The molecule has 3 amide bonds. The third-order valence-corrected chi connectivity index (χ3v) is 4.56. The van der Waals surface area contributed by atoms with Gasteiger partial charge >= 0.3 is 5.97 Å². The number of imide groups is 1. The molecule has 1 aliphatic rings. The van der Waals surface area contributed by atoms with E-state index in [1.807, 2.05) is 13.8 Å². The Labute approximate surface area is 167 Å². The maximum atomic E-state index is 12.6. The van der Waals surface area contributed by atoms with Crippen molar-refractivity contribution in [1.29, 1.82) is 0 Å². The fourth-order valence-corrected chi connectivity index (χ4v) is 3.16. The number of carbonyl (C=O) groups excluding carboxylic acids is 4. The smallest absolute Gasteiger partial charge is 0.338 e. The molecule has 1 aromatic carbocycles. The molecule has 2 aromatic rings. The first-order valence-electron chi connectivity index (χ1n) is 9.39. The second-order valence-corrected chi connectivity index (χ2v) is 6.87. The molecule has 1 atom stereocenters. The van der Waals surface area contributed by atoms with E-state index in [1.54, 1.807) is 12.1 Å². The van der Waals surface area contributed by atoms with E-state index in [4.69, 9.17) is 9.15 Å². The van der Waals surface area contributed by atoms with Gasteiger partial charge in [0.2, 0.25) is 0 Å². The number of esters is 1. The zero-order valence-corrected chi connectivity index (χ0v) is 16.3. The molecule has 29 heavy (non-hydrogen) atoms. The van der Waals surface area contributed by atoms with Crippen molar-refractivity contribution in [3.63, 3.8) is 0 Å². The summed E-state index contributed by atoms with van der Waals surface area (Å²) >= 11 is 0. The number of nitrogens with zero attached hydrogens (tertiary/aromatic N) is 1. The first-order valence-corrected chi connectivity index (χ1v) is 9.39. The SMILES string of the molecule is CCC[C@H](C)NC(=O)COC(=O)c1ccc2c(c1)C(=O)N(Cc1ccco1)C2=O. The molecular weight excluding hydrogens is 376 g/mol. The van der Waals surface area contributed by atoms with Crippen LogP contribution in [0, 0.1) is 0 Å². The topological polar surface area (TPSA) is 106 Å². The number of hydrogen-bond donors (Lipinski definition) is 1. The number of furan rings is 1. The van der Waals surface area contributed by atoms with Gasteiger partial charge in [-0.3, -0.25) is 19.3 Å². The molecule has 0 saturated heterocycles. The average molecular weight is 398 g/mol. The van der Waals surface area contributed by atoms with E-state index in [0.717, 1.165) is 17.7 Å². The van der Waals surface area contributed by atoms with E-state index >= 15 is 0 Å². The maximum Gasteiger partial charge on any atom is 0.338 e. The Kier molecular flexibility index (Phi) is 6.11. The van der Waals surface area contributed by atoms with Gasteiger partial charge in [0, 0.05) is 6.04 Å². The number of benzene rings is 1. The standard InChI is InChI=1S/C21H22N2O6/c1-3-5-13(2)22-18(24)12-29-21(27)14-7-8-16-17(10-14)20(26)23(19(16)25)11-15-6-4-9-28-15/h4,6-10,13H,3,5,11-12H2,1-2H3,(H,22,24)/t13-/m0/s1. The molecule has 0 unspecified atom stereocenters. The lowest BCUT2D eigenvalue weighted by atomic mass is 10.1. The van der Waals surface area contributed by atoms with Gasteiger partial charge in [-0.1, -0.05) is 13.3 Å². The van der Waals surface area contributed by atoms with Crippen molar-refractivity contribution in [2.24, 2.45) is 0 Å². The number of ether oxygens (including phenoxy) is 1. The predicted molar refractivity (Wildman–Crippen MR) is 102 cm³/mol. The average Bonchev–Trinajstić information content (AvgIpc) is 3.29. The molecule has 8 heteroatoms. The summed E-state index contributed by atoms with van der Waals surface area (Å²) in [6, 6.07) is 7.46. The number of rotatable bonds is 8. The van der Waals surface area contributed by atoms with Crippen molar-refractivity contribution < 1.29 is 28.3 Å². The van der Waals surface area contributed by atoms with Crippen molar-refractivity contribution in [3.8, 4) is 0 Å². The third kappa shape index (κ3) is 4.53. The molecule has 0 radical (unpaired) electrons. The lowest BCUT2D eigenvalue weighted by Gasteiger charge is -2.12. The van der Waals surface area contributed by atoms with Gasteiger partial charge in [0.25, 0.3) is 17.7 Å². The van der Waals surface area contributed by atoms with Crippen LogP contribution in [0.3, 0.4) is 0 Å². The fraction of sp³-hybridized carbons (Fsp3) is 0.333. The Balaban J connectivity index is 1.64. The zero-order chi connectivity index (χ0) is 21.0. The molecule has 0 spiro atoms. The van der Waals surface area contributed by atoms with Crippen molar-refractivity contribution in [2.75, 3.05) is 6.61 Å². The summed E-state index contributed by atoms with van der Waals surface area (Å²) in [5.41, 5.74) is 0.431. The fourth-order valence-electron chi connectivity index (χ4n) is 3.16. The van der Waals surface area contributed by atoms with E-state index < -0.39 is 30.3 Å². The van der Waals surface area contributed by atoms with Crippen LogP contribution in [0.2, 0.25) is 0 Å². The highest BCUT2D eigenvalue weighted by Gasteiger charge is 2.36. The molecule has 1 N–H and O–H groups in total. The third-order valence-electron chi connectivity index (χ3n) is 4.56. The molecule has 0 saturated carbocycles. The Hall–Kier alpha value is -3.42. The number of carbonyl (C=O) groups is 4. The van der Waals surface area contributed by atoms with E-state index in [1.165, 1.54) is 24.5 Å². The van der Waals surface area contributed by atoms with Crippen LogP contribution in [0.4, 0.5) is 0 Å². The molecule has 1 aliphatic heterocycles. The summed E-state index contributed by atoms with van der Waals surface area (Å²) in [4.78, 5) is 50.2. The maximum absolute atomic E-state index is 12.6. The van der Waals surface area contributed by atoms with Crippen LogP contribution in [0.1, 0.15) is 63.5 Å². The molecule has 8 nitrogen and oxygen atoms in total. The van der Waals surface area contributed by atoms with Gasteiger partial charge in [0.15, 0.2) is 6.61 Å². The molecule has 3 rings (SSSR count). The van der Waals surface area contributed by atoms with Crippen LogP contribution in [0.5, 0.6) is 0 Å². The minimum absolute atomic E-state index is 0.00465. The number of amides is 3. The molecule has 2 heterocycles. The lowest BCUT2D eigenvalue weighted by Crippen LogP contribution is -2.35. The number of hydrogen-bond acceptors (Lipinski definition) is 6. The van der Waals surface area contributed by atoms with Crippen LogP contribution in [0.25, 0.3) is 0 Å². The van der Waals surface area contributed by atoms with Crippen LogP contribution in [-0.2, 0) is 16.1 Å². The van der Waals surface area contributed by atoms with Gasteiger partial charge in [0.05, 0.1) is 29.5 Å². The minimum Gasteiger partial charge on any atom is -0.467 e. The normalized spacial score (nSPS) is 13.9. The van der Waals surface area contributed by atoms with E-state index in [2.05, 4.69) is 5.32 Å². The Bertz CT molecular complexity index is 935. The van der Waals surface area contributed by atoms with Gasteiger partial charge in [-0.05, 0) is 43.7 Å². The van der Waals surface area contributed by atoms with Crippen molar-refractivity contribution in [3.05, 3.63) is 59.0 Å². The van der Waals surface area contributed by atoms with Gasteiger partial charge in [-0.15, -0.1) is 0 Å². The number of fused-ring (bicyclic) bond motifs is 1. The highest BCUT2D eigenvalue weighted by Crippen LogP contribution is 2.26. The van der Waals surface area contributed by atoms with Crippen LogP contribution in [0.15, 0.2) is 41.0 Å². The monoisotopic (exact) mass is 398 g/mol. The molecule has 152 valence electrons. The van der Waals surface area contributed by atoms with Crippen molar-refractivity contribution in [2.45, 2.75) is 39.3 Å². The van der Waals surface area contributed by atoms with Gasteiger partial charge in [-0.2, -0.15) is 0 Å². The predicted octanol–water partition coefficient (Wildman–Crippen LogP) is 2.54. The first-order chi connectivity index (χ1) is 13.9. The van der Waals surface area contributed by atoms with Crippen molar-refractivity contribution in [1.82, 2.24) is 10.2 Å². The minimum atomic E-state index is -0.740. The summed E-state index contributed by atoms with van der Waals surface area (Å²) in [7, 11) is 0. The summed E-state index contributed by atoms with van der Waals surface area (Å²) in [5.74, 6) is -1.62. The van der Waals surface area contributed by atoms with Crippen molar-refractivity contribution >= 4 is 23.7 Å². The Morgan fingerprint density at radius 3 is 2.62 bits per heavy atom. The summed E-state index contributed by atoms with van der Waals surface area (Å²) in [5, 5.41) is 2.74. The van der Waals surface area contributed by atoms with Gasteiger partial charge in [-0.25, -0.2) is 4.79 Å². The summed E-state index contributed by atoms with van der Waals surface area (Å²) < 4.78 is 10.2. The molecule has 1 aromatic heterocycles. The lowest BCUT2D eigenvalue weighted by molar-refractivity contribution is -0.124. The molecule has 0 aliphatic carbocycles. The highest BCUT2D eigenvalue weighted by atomic mass is 16.5. The summed E-state index contributed by atoms with van der Waals surface area (Å²) in [6.45, 7) is 3.48. The quantitative estimate of drug-likeness (QED) is 0.541. The number of nitrogens with one attached hydrogen (secondary N) is 1. The second-order valence-electron chi connectivity index (χ2n) is 6.87. The van der Waals surface area contributed by atoms with Crippen LogP contribution >= 0.6 is 0 Å². The van der Waals surface area contributed by atoms with E-state index in [9.17, 15) is 19.2 Å². The molecular formula is C21H22N2O6.